The molecule has 2 aromatic rings. The monoisotopic (exact) mass is 477 g/mol. The molecule has 0 bridgehead atoms. The Balaban J connectivity index is 1.57. The normalized spacial score (nSPS) is 24.6. The van der Waals surface area contributed by atoms with Crippen LogP contribution in [0, 0.1) is 17.7 Å². The third-order valence-corrected chi connectivity index (χ3v) is 7.37. The molecule has 2 saturated carbocycles. The van der Waals surface area contributed by atoms with Crippen molar-refractivity contribution in [2.45, 2.75) is 24.7 Å². The van der Waals surface area contributed by atoms with Crippen LogP contribution in [0.1, 0.15) is 46.2 Å². The maximum atomic E-state index is 14.2. The fourth-order valence-electron chi connectivity index (χ4n) is 4.84. The number of hydrogen-bond donors (Lipinski definition) is 2. The van der Waals surface area contributed by atoms with Crippen molar-refractivity contribution in [1.29, 1.82) is 0 Å². The lowest BCUT2D eigenvalue weighted by molar-refractivity contribution is -0.0348. The lowest BCUT2D eigenvalue weighted by atomic mass is 9.99. The number of benzene rings is 2. The topological polar surface area (TPSA) is 102 Å². The number of hydrogen-bond acceptors (Lipinski definition) is 6. The van der Waals surface area contributed by atoms with Crippen molar-refractivity contribution in [3.63, 3.8) is 0 Å². The van der Waals surface area contributed by atoms with Crippen molar-refractivity contribution in [3.8, 4) is 5.75 Å². The first-order valence-electron chi connectivity index (χ1n) is 10.7. The van der Waals surface area contributed by atoms with Crippen molar-refractivity contribution in [2.75, 3.05) is 31.4 Å². The van der Waals surface area contributed by atoms with Gasteiger partial charge in [0, 0.05) is 13.0 Å². The molecule has 2 unspecified atom stereocenters. The van der Waals surface area contributed by atoms with E-state index in [1.807, 2.05) is 0 Å². The van der Waals surface area contributed by atoms with E-state index in [0.717, 1.165) is 16.3 Å². The van der Waals surface area contributed by atoms with Crippen LogP contribution in [0.25, 0.3) is 0 Å². The predicted molar refractivity (Wildman–Crippen MR) is 117 cm³/mol. The maximum Gasteiger partial charge on any atom is 0.341 e. The summed E-state index contributed by atoms with van der Waals surface area (Å²) in [6.07, 6.45) is 1.63. The number of carboxylic acid groups (broad SMARTS) is 1. The molecule has 8 nitrogen and oxygen atoms in total. The third-order valence-electron chi connectivity index (χ3n) is 6.61. The van der Waals surface area contributed by atoms with Crippen LogP contribution < -0.4 is 9.04 Å². The Kier molecular flexibility index (Phi) is 5.75. The molecule has 5 rings (SSSR count). The van der Waals surface area contributed by atoms with Crippen LogP contribution in [-0.4, -0.2) is 46.6 Å². The largest absolute Gasteiger partial charge is 0.492 e. The Labute approximate surface area is 191 Å². The average molecular weight is 478 g/mol. The van der Waals surface area contributed by atoms with E-state index in [1.165, 1.54) is 31.4 Å². The van der Waals surface area contributed by atoms with E-state index in [0.29, 0.717) is 31.1 Å². The third kappa shape index (κ3) is 4.07. The molecule has 1 N–H and O–H groups in total. The minimum atomic E-state index is -3.28. The molecule has 0 amide bonds. The number of carbonyl (C=O) groups is 1. The van der Waals surface area contributed by atoms with Gasteiger partial charge in [-0.2, -0.15) is 0 Å². The highest BCUT2D eigenvalue weighted by molar-refractivity contribution is 7.74. The van der Waals surface area contributed by atoms with Gasteiger partial charge in [0.05, 0.1) is 24.6 Å². The minimum absolute atomic E-state index is 0.0165. The van der Waals surface area contributed by atoms with E-state index in [9.17, 15) is 22.7 Å². The molecule has 0 aromatic heterocycles. The number of anilines is 2. The van der Waals surface area contributed by atoms with Gasteiger partial charge >= 0.3 is 5.97 Å². The van der Waals surface area contributed by atoms with Gasteiger partial charge in [-0.3, -0.25) is 0 Å². The Bertz CT molecular complexity index is 1180. The molecule has 1 heterocycles. The van der Waals surface area contributed by atoms with Gasteiger partial charge in [-0.25, -0.2) is 21.9 Å². The molecule has 176 valence electrons. The molecule has 2 fully saturated rings. The van der Waals surface area contributed by atoms with Crippen LogP contribution in [0.2, 0.25) is 0 Å². The number of ether oxygens (including phenoxy) is 3. The van der Waals surface area contributed by atoms with E-state index in [4.69, 9.17) is 14.2 Å². The van der Waals surface area contributed by atoms with Gasteiger partial charge in [0.1, 0.15) is 23.9 Å². The average Bonchev–Trinajstić information content (AvgIpc) is 3.69. The molecule has 0 radical (unpaired) electrons. The van der Waals surface area contributed by atoms with Gasteiger partial charge in [-0.05, 0) is 66.0 Å². The SMILES string of the molecule is COCOCC1CC1c1cc(F)ccc1N(c1ccc2c(c1C(=O)O)OC[C@@H]1C[C@H]21)[SH](=O)=O. The number of halogens is 1. The summed E-state index contributed by atoms with van der Waals surface area (Å²) in [5.74, 6) is -0.941. The summed E-state index contributed by atoms with van der Waals surface area (Å²) in [7, 11) is -1.76. The summed E-state index contributed by atoms with van der Waals surface area (Å²) in [6, 6.07) is 7.12. The highest BCUT2D eigenvalue weighted by atomic mass is 32.2. The highest BCUT2D eigenvalue weighted by Crippen LogP contribution is 2.56. The number of fused-ring (bicyclic) bond motifs is 3. The number of thiol groups is 1. The predicted octanol–water partition coefficient (Wildman–Crippen LogP) is 3.41. The fourth-order valence-corrected chi connectivity index (χ4v) is 5.54. The molecule has 10 heteroatoms. The lowest BCUT2D eigenvalue weighted by Crippen LogP contribution is -2.22. The Hall–Kier alpha value is -2.69. The first-order chi connectivity index (χ1) is 15.9. The number of methoxy groups -OCH3 is 1. The molecular weight excluding hydrogens is 453 g/mol. The van der Waals surface area contributed by atoms with Crippen molar-refractivity contribution in [2.24, 2.45) is 11.8 Å². The van der Waals surface area contributed by atoms with Gasteiger partial charge in [0.2, 0.25) is 10.9 Å². The standard InChI is InChI=1S/C23H24FNO7S/c1-30-11-31-9-12-6-17(12)18-8-14(24)2-4-19(18)25(33(28)29)20-5-3-15-16-7-13(16)10-32-22(15)21(20)23(26)27/h2-5,8,12-13,16-17,33H,6-7,9-11H2,1H3,(H,26,27)/t12?,13-,16-,17?/m0/s1. The molecule has 33 heavy (non-hydrogen) atoms. The van der Waals surface area contributed by atoms with Gasteiger partial charge in [-0.1, -0.05) is 6.07 Å². The summed E-state index contributed by atoms with van der Waals surface area (Å²) in [5.41, 5.74) is 1.32. The van der Waals surface area contributed by atoms with Gasteiger partial charge in [0.15, 0.2) is 0 Å². The maximum absolute atomic E-state index is 14.2. The summed E-state index contributed by atoms with van der Waals surface area (Å²) in [5, 5.41) is 10.0. The Morgan fingerprint density at radius 3 is 2.70 bits per heavy atom. The zero-order chi connectivity index (χ0) is 23.3. The number of carboxylic acids is 1. The first-order valence-corrected chi connectivity index (χ1v) is 11.9. The van der Waals surface area contributed by atoms with Crippen LogP contribution >= 0.6 is 0 Å². The molecule has 0 saturated heterocycles. The zero-order valence-corrected chi connectivity index (χ0v) is 18.8. The number of aromatic carboxylic acids is 1. The van der Waals surface area contributed by atoms with Gasteiger partial charge in [0.25, 0.3) is 0 Å². The van der Waals surface area contributed by atoms with E-state index in [-0.39, 0.29) is 47.2 Å². The van der Waals surface area contributed by atoms with Crippen LogP contribution in [0.15, 0.2) is 30.3 Å². The summed E-state index contributed by atoms with van der Waals surface area (Å²) in [4.78, 5) is 12.3. The molecule has 2 aliphatic carbocycles. The van der Waals surface area contributed by atoms with Crippen molar-refractivity contribution in [1.82, 2.24) is 0 Å². The quantitative estimate of drug-likeness (QED) is 0.324. The van der Waals surface area contributed by atoms with Crippen LogP contribution in [0.3, 0.4) is 0 Å². The number of rotatable bonds is 9. The van der Waals surface area contributed by atoms with E-state index in [2.05, 4.69) is 0 Å². The molecule has 0 spiro atoms. The van der Waals surface area contributed by atoms with Crippen molar-refractivity contribution in [3.05, 3.63) is 52.8 Å². The summed E-state index contributed by atoms with van der Waals surface area (Å²) < 4.78 is 56.2. The summed E-state index contributed by atoms with van der Waals surface area (Å²) >= 11 is 0. The second-order valence-electron chi connectivity index (χ2n) is 8.73. The van der Waals surface area contributed by atoms with Crippen LogP contribution in [0.4, 0.5) is 15.8 Å². The van der Waals surface area contributed by atoms with Crippen LogP contribution in [-0.2, 0) is 20.4 Å². The van der Waals surface area contributed by atoms with E-state index < -0.39 is 22.7 Å². The molecule has 1 aliphatic heterocycles. The highest BCUT2D eigenvalue weighted by Gasteiger charge is 2.46. The van der Waals surface area contributed by atoms with Crippen molar-refractivity contribution < 1.29 is 36.9 Å². The minimum Gasteiger partial charge on any atom is -0.492 e. The second kappa shape index (κ2) is 8.58. The Morgan fingerprint density at radius 2 is 1.97 bits per heavy atom. The number of nitrogens with zero attached hydrogens (tertiary/aromatic N) is 1. The lowest BCUT2D eigenvalue weighted by Gasteiger charge is -2.26. The molecular formula is C23H24FNO7S. The van der Waals surface area contributed by atoms with E-state index in [1.54, 1.807) is 6.07 Å². The van der Waals surface area contributed by atoms with Gasteiger partial charge < -0.3 is 19.3 Å². The first kappa shape index (κ1) is 22.1. The molecule has 3 aliphatic rings. The van der Waals surface area contributed by atoms with Gasteiger partial charge in [-0.15, -0.1) is 0 Å². The zero-order valence-electron chi connectivity index (χ0n) is 17.9. The summed E-state index contributed by atoms with van der Waals surface area (Å²) in [6.45, 7) is 0.947. The Morgan fingerprint density at radius 1 is 1.18 bits per heavy atom. The van der Waals surface area contributed by atoms with Crippen LogP contribution in [0.5, 0.6) is 5.75 Å². The smallest absolute Gasteiger partial charge is 0.341 e. The second-order valence-corrected chi connectivity index (χ2v) is 9.60. The molecule has 4 atom stereocenters. The van der Waals surface area contributed by atoms with E-state index >= 15 is 0 Å². The van der Waals surface area contributed by atoms with Crippen molar-refractivity contribution >= 4 is 28.2 Å². The molecule has 2 aromatic carbocycles. The fraction of sp³-hybridized carbons (Fsp3) is 0.435.